The first-order valence-corrected chi connectivity index (χ1v) is 13.3. The number of rotatable bonds is 8. The highest BCUT2D eigenvalue weighted by Crippen LogP contribution is 2.37. The molecule has 0 bridgehead atoms. The summed E-state index contributed by atoms with van der Waals surface area (Å²) in [5, 5.41) is 5.81. The van der Waals surface area contributed by atoms with Crippen LogP contribution in [0.3, 0.4) is 0 Å². The average Bonchev–Trinajstić information content (AvgIpc) is 3.37. The Labute approximate surface area is 213 Å². The number of carbonyl (C=O) groups excluding carboxylic acids is 4. The van der Waals surface area contributed by atoms with E-state index in [1.807, 2.05) is 11.8 Å². The molecule has 2 atom stereocenters. The van der Waals surface area contributed by atoms with E-state index in [9.17, 15) is 19.2 Å². The summed E-state index contributed by atoms with van der Waals surface area (Å²) < 4.78 is 0. The number of urea groups is 1. The predicted octanol–water partition coefficient (Wildman–Crippen LogP) is 3.07. The van der Waals surface area contributed by atoms with Crippen LogP contribution in [0.2, 0.25) is 0 Å². The SMILES string of the molecule is CCC[C@@]1(C2CCN(C(=O)c3ccc(NC(C)=O)cc3)CC2)NC(=O)N(CC[C@@H]2CCCN2C)C1=O. The van der Waals surface area contributed by atoms with E-state index in [4.69, 9.17) is 0 Å². The summed E-state index contributed by atoms with van der Waals surface area (Å²) in [6, 6.07) is 7.04. The molecule has 1 aromatic carbocycles. The minimum Gasteiger partial charge on any atom is -0.339 e. The van der Waals surface area contributed by atoms with Crippen molar-refractivity contribution < 1.29 is 19.2 Å². The van der Waals surface area contributed by atoms with Crippen molar-refractivity contribution in [2.45, 2.75) is 70.4 Å². The van der Waals surface area contributed by atoms with Crippen molar-refractivity contribution in [2.75, 3.05) is 38.5 Å². The highest BCUT2D eigenvalue weighted by molar-refractivity contribution is 6.07. The van der Waals surface area contributed by atoms with Gasteiger partial charge in [-0.2, -0.15) is 0 Å². The second-order valence-corrected chi connectivity index (χ2v) is 10.5. The van der Waals surface area contributed by atoms with E-state index < -0.39 is 5.54 Å². The molecule has 196 valence electrons. The predicted molar refractivity (Wildman–Crippen MR) is 138 cm³/mol. The second kappa shape index (κ2) is 11.0. The smallest absolute Gasteiger partial charge is 0.325 e. The van der Waals surface area contributed by atoms with Crippen LogP contribution in [0.5, 0.6) is 0 Å². The molecule has 3 heterocycles. The van der Waals surface area contributed by atoms with Gasteiger partial charge in [-0.25, -0.2) is 4.79 Å². The zero-order chi connectivity index (χ0) is 25.9. The number of hydrogen-bond acceptors (Lipinski definition) is 5. The van der Waals surface area contributed by atoms with E-state index in [2.05, 4.69) is 22.6 Å². The van der Waals surface area contributed by atoms with Gasteiger partial charge in [-0.3, -0.25) is 19.3 Å². The molecule has 0 aliphatic carbocycles. The van der Waals surface area contributed by atoms with Crippen LogP contribution in [0, 0.1) is 5.92 Å². The van der Waals surface area contributed by atoms with E-state index in [0.29, 0.717) is 56.2 Å². The number of anilines is 1. The molecule has 9 nitrogen and oxygen atoms in total. The molecule has 5 amide bonds. The van der Waals surface area contributed by atoms with Gasteiger partial charge in [0.2, 0.25) is 5.91 Å². The van der Waals surface area contributed by atoms with Crippen LogP contribution < -0.4 is 10.6 Å². The monoisotopic (exact) mass is 497 g/mol. The number of nitrogens with zero attached hydrogens (tertiary/aromatic N) is 3. The van der Waals surface area contributed by atoms with Gasteiger partial charge >= 0.3 is 6.03 Å². The number of likely N-dealkylation sites (tertiary alicyclic amines) is 2. The Balaban J connectivity index is 1.38. The molecule has 1 aromatic rings. The maximum Gasteiger partial charge on any atom is 0.325 e. The number of carbonyl (C=O) groups is 4. The van der Waals surface area contributed by atoms with Crippen molar-refractivity contribution in [3.8, 4) is 0 Å². The van der Waals surface area contributed by atoms with Crippen LogP contribution in [0.4, 0.5) is 10.5 Å². The summed E-state index contributed by atoms with van der Waals surface area (Å²) in [6.45, 7) is 6.09. The van der Waals surface area contributed by atoms with E-state index in [0.717, 1.165) is 32.2 Å². The van der Waals surface area contributed by atoms with Crippen LogP contribution in [-0.4, -0.2) is 83.3 Å². The van der Waals surface area contributed by atoms with E-state index in [-0.39, 0.29) is 29.7 Å². The van der Waals surface area contributed by atoms with Gasteiger partial charge in [0.1, 0.15) is 5.54 Å². The lowest BCUT2D eigenvalue weighted by Gasteiger charge is -2.41. The fourth-order valence-electron chi connectivity index (χ4n) is 6.17. The largest absolute Gasteiger partial charge is 0.339 e. The van der Waals surface area contributed by atoms with Gasteiger partial charge in [0.25, 0.3) is 11.8 Å². The summed E-state index contributed by atoms with van der Waals surface area (Å²) >= 11 is 0. The van der Waals surface area contributed by atoms with Crippen LogP contribution in [-0.2, 0) is 9.59 Å². The Hall–Kier alpha value is -2.94. The van der Waals surface area contributed by atoms with E-state index in [1.165, 1.54) is 11.8 Å². The molecule has 3 saturated heterocycles. The third kappa shape index (κ3) is 5.26. The minimum atomic E-state index is -0.872. The Kier molecular flexibility index (Phi) is 7.97. The molecule has 36 heavy (non-hydrogen) atoms. The van der Waals surface area contributed by atoms with Gasteiger partial charge < -0.3 is 20.4 Å². The Morgan fingerprint density at radius 2 is 1.78 bits per heavy atom. The second-order valence-electron chi connectivity index (χ2n) is 10.5. The van der Waals surface area contributed by atoms with Crippen molar-refractivity contribution >= 4 is 29.4 Å². The topological polar surface area (TPSA) is 102 Å². The molecule has 9 heteroatoms. The van der Waals surface area contributed by atoms with Gasteiger partial charge in [-0.1, -0.05) is 13.3 Å². The molecule has 2 N–H and O–H groups in total. The zero-order valence-electron chi connectivity index (χ0n) is 21.7. The van der Waals surface area contributed by atoms with Gasteiger partial charge in [-0.05, 0) is 82.3 Å². The number of amides is 5. The Morgan fingerprint density at radius 3 is 2.36 bits per heavy atom. The summed E-state index contributed by atoms with van der Waals surface area (Å²) in [5.41, 5.74) is 0.348. The number of nitrogens with one attached hydrogen (secondary N) is 2. The van der Waals surface area contributed by atoms with Crippen molar-refractivity contribution in [3.05, 3.63) is 29.8 Å². The van der Waals surface area contributed by atoms with Crippen molar-refractivity contribution in [1.29, 1.82) is 0 Å². The molecule has 3 fully saturated rings. The van der Waals surface area contributed by atoms with Crippen molar-refractivity contribution in [2.24, 2.45) is 5.92 Å². The van der Waals surface area contributed by atoms with Gasteiger partial charge in [-0.15, -0.1) is 0 Å². The third-order valence-corrected chi connectivity index (χ3v) is 8.14. The minimum absolute atomic E-state index is 0.000697. The van der Waals surface area contributed by atoms with Crippen molar-refractivity contribution in [3.63, 3.8) is 0 Å². The molecular weight excluding hydrogens is 458 g/mol. The molecule has 4 rings (SSSR count). The molecule has 0 aromatic heterocycles. The average molecular weight is 498 g/mol. The maximum atomic E-state index is 13.7. The van der Waals surface area contributed by atoms with E-state index >= 15 is 0 Å². The number of benzene rings is 1. The van der Waals surface area contributed by atoms with Crippen LogP contribution >= 0.6 is 0 Å². The van der Waals surface area contributed by atoms with Gasteiger partial charge in [0.05, 0.1) is 0 Å². The Bertz CT molecular complexity index is 988. The van der Waals surface area contributed by atoms with Gasteiger partial charge in [0.15, 0.2) is 0 Å². The summed E-state index contributed by atoms with van der Waals surface area (Å²) in [4.78, 5) is 56.5. The Morgan fingerprint density at radius 1 is 1.08 bits per heavy atom. The highest BCUT2D eigenvalue weighted by atomic mass is 16.2. The number of imide groups is 1. The zero-order valence-corrected chi connectivity index (χ0v) is 21.7. The molecule has 0 radical (unpaired) electrons. The van der Waals surface area contributed by atoms with E-state index in [1.54, 1.807) is 24.3 Å². The first-order chi connectivity index (χ1) is 17.2. The van der Waals surface area contributed by atoms with Gasteiger partial charge in [0, 0.05) is 43.9 Å². The third-order valence-electron chi connectivity index (χ3n) is 8.14. The standard InChI is InChI=1S/C27H39N5O4/c1-4-14-27(25(35)32(26(36)29-27)18-13-23-6-5-15-30(23)3)21-11-16-31(17-12-21)24(34)20-7-9-22(10-8-20)28-19(2)33/h7-10,21,23H,4-6,11-18H2,1-3H3,(H,28,33)(H,29,36)/t23-,27-/m0/s1. The van der Waals surface area contributed by atoms with Crippen LogP contribution in [0.25, 0.3) is 0 Å². The van der Waals surface area contributed by atoms with Crippen molar-refractivity contribution in [1.82, 2.24) is 20.0 Å². The lowest BCUT2D eigenvalue weighted by atomic mass is 9.74. The molecule has 0 spiro atoms. The summed E-state index contributed by atoms with van der Waals surface area (Å²) in [7, 11) is 2.11. The molecule has 3 aliphatic rings. The highest BCUT2D eigenvalue weighted by Gasteiger charge is 2.55. The fraction of sp³-hybridized carbons (Fsp3) is 0.630. The lowest BCUT2D eigenvalue weighted by Crippen LogP contribution is -2.56. The fourth-order valence-corrected chi connectivity index (χ4v) is 6.17. The molecule has 0 saturated carbocycles. The molecule has 0 unspecified atom stereocenters. The maximum absolute atomic E-state index is 13.7. The molecular formula is C27H39N5O4. The quantitative estimate of drug-likeness (QED) is 0.538. The van der Waals surface area contributed by atoms with Crippen LogP contribution in [0.15, 0.2) is 24.3 Å². The first kappa shape index (κ1) is 26.1. The number of hydrogen-bond donors (Lipinski definition) is 2. The summed E-state index contributed by atoms with van der Waals surface area (Å²) in [6.07, 6.45) is 5.83. The number of piperidine rings is 1. The lowest BCUT2D eigenvalue weighted by molar-refractivity contribution is -0.134. The first-order valence-electron chi connectivity index (χ1n) is 13.3. The van der Waals surface area contributed by atoms with Crippen LogP contribution in [0.1, 0.15) is 69.2 Å². The molecule has 3 aliphatic heterocycles. The summed E-state index contributed by atoms with van der Waals surface area (Å²) in [5.74, 6) is -0.306. The normalized spacial score (nSPS) is 25.4.